The average Bonchev–Trinajstić information content (AvgIpc) is 2.74. The van der Waals surface area contributed by atoms with Gasteiger partial charge >= 0.3 is 0 Å². The van der Waals surface area contributed by atoms with Crippen molar-refractivity contribution in [2.75, 3.05) is 0 Å². The van der Waals surface area contributed by atoms with Gasteiger partial charge in [0.25, 0.3) is 0 Å². The smallest absolute Gasteiger partial charge is 0.164 e. The van der Waals surface area contributed by atoms with E-state index in [1.807, 2.05) is 66.7 Å². The molecule has 27 heavy (non-hydrogen) atoms. The molecular formula is C22H13BrN4. The number of nitrogens with zero attached hydrogens (tertiary/aromatic N) is 4. The Morgan fingerprint density at radius 2 is 1.19 bits per heavy atom. The third-order valence-electron chi connectivity index (χ3n) is 4.00. The highest BCUT2D eigenvalue weighted by Crippen LogP contribution is 2.26. The summed E-state index contributed by atoms with van der Waals surface area (Å²) in [6, 6.07) is 27.1. The Kier molecular flexibility index (Phi) is 4.73. The van der Waals surface area contributed by atoms with Gasteiger partial charge in [0.05, 0.1) is 11.6 Å². The summed E-state index contributed by atoms with van der Waals surface area (Å²) in [6.45, 7) is 0. The number of hydrogen-bond donors (Lipinski definition) is 0. The van der Waals surface area contributed by atoms with E-state index in [1.54, 1.807) is 12.1 Å². The minimum Gasteiger partial charge on any atom is -0.208 e. The van der Waals surface area contributed by atoms with Crippen molar-refractivity contribution in [1.29, 1.82) is 5.26 Å². The summed E-state index contributed by atoms with van der Waals surface area (Å²) in [5.41, 5.74) is 3.15. The monoisotopic (exact) mass is 412 g/mol. The lowest BCUT2D eigenvalue weighted by Crippen LogP contribution is -2.00. The first-order chi connectivity index (χ1) is 13.2. The van der Waals surface area contributed by atoms with Crippen molar-refractivity contribution in [3.05, 3.63) is 88.9 Å². The molecule has 0 spiro atoms. The van der Waals surface area contributed by atoms with Crippen LogP contribution in [0.25, 0.3) is 34.2 Å². The van der Waals surface area contributed by atoms with Gasteiger partial charge in [-0.05, 0) is 24.3 Å². The number of hydrogen-bond acceptors (Lipinski definition) is 4. The molecule has 0 saturated heterocycles. The number of halogens is 1. The van der Waals surface area contributed by atoms with Gasteiger partial charge in [-0.25, -0.2) is 15.0 Å². The zero-order valence-electron chi connectivity index (χ0n) is 14.2. The van der Waals surface area contributed by atoms with E-state index in [-0.39, 0.29) is 0 Å². The third kappa shape index (κ3) is 3.76. The van der Waals surface area contributed by atoms with E-state index < -0.39 is 0 Å². The average molecular weight is 413 g/mol. The van der Waals surface area contributed by atoms with Gasteiger partial charge in [-0.1, -0.05) is 70.5 Å². The van der Waals surface area contributed by atoms with Crippen molar-refractivity contribution in [1.82, 2.24) is 15.0 Å². The fourth-order valence-electron chi connectivity index (χ4n) is 2.71. The van der Waals surface area contributed by atoms with Crippen molar-refractivity contribution < 1.29 is 0 Å². The molecule has 0 unspecified atom stereocenters. The minimum atomic E-state index is 0.538. The second kappa shape index (κ2) is 7.48. The molecule has 0 bridgehead atoms. The standard InChI is InChI=1S/C22H13BrN4/c23-19-11-5-10-18(13-19)22-26-20(16-7-2-1-3-8-16)25-21(27-22)17-9-4-6-15(12-17)14-24/h1-13H. The molecule has 4 rings (SSSR count). The summed E-state index contributed by atoms with van der Waals surface area (Å²) < 4.78 is 0.953. The molecule has 0 aliphatic carbocycles. The van der Waals surface area contributed by atoms with Crippen LogP contribution in [0.4, 0.5) is 0 Å². The summed E-state index contributed by atoms with van der Waals surface area (Å²) in [7, 11) is 0. The molecule has 5 heteroatoms. The largest absolute Gasteiger partial charge is 0.208 e. The maximum atomic E-state index is 9.20. The molecule has 0 atom stereocenters. The molecule has 0 N–H and O–H groups in total. The topological polar surface area (TPSA) is 62.5 Å². The highest BCUT2D eigenvalue weighted by molar-refractivity contribution is 9.10. The quantitative estimate of drug-likeness (QED) is 0.445. The maximum Gasteiger partial charge on any atom is 0.164 e. The van der Waals surface area contributed by atoms with Crippen molar-refractivity contribution in [3.8, 4) is 40.2 Å². The molecule has 1 aromatic heterocycles. The molecule has 0 amide bonds. The molecular weight excluding hydrogens is 400 g/mol. The van der Waals surface area contributed by atoms with E-state index in [9.17, 15) is 5.26 Å². The van der Waals surface area contributed by atoms with E-state index in [0.717, 1.165) is 21.2 Å². The lowest BCUT2D eigenvalue weighted by molar-refractivity contribution is 1.07. The van der Waals surface area contributed by atoms with Crippen molar-refractivity contribution in [2.24, 2.45) is 0 Å². The first-order valence-electron chi connectivity index (χ1n) is 8.31. The van der Waals surface area contributed by atoms with E-state index in [2.05, 4.69) is 37.0 Å². The molecule has 0 radical (unpaired) electrons. The number of nitriles is 1. The lowest BCUT2D eigenvalue weighted by atomic mass is 10.1. The van der Waals surface area contributed by atoms with Gasteiger partial charge in [0.1, 0.15) is 0 Å². The first kappa shape index (κ1) is 17.1. The van der Waals surface area contributed by atoms with Crippen LogP contribution in [-0.2, 0) is 0 Å². The molecule has 0 aliphatic rings. The second-order valence-corrected chi connectivity index (χ2v) is 6.79. The number of benzene rings is 3. The molecule has 1 heterocycles. The Labute approximate surface area is 165 Å². The van der Waals surface area contributed by atoms with Crippen LogP contribution in [0.5, 0.6) is 0 Å². The third-order valence-corrected chi connectivity index (χ3v) is 4.49. The predicted molar refractivity (Wildman–Crippen MR) is 109 cm³/mol. The van der Waals surface area contributed by atoms with Crippen molar-refractivity contribution in [3.63, 3.8) is 0 Å². The van der Waals surface area contributed by atoms with Crippen LogP contribution in [0.3, 0.4) is 0 Å². The van der Waals surface area contributed by atoms with Crippen molar-refractivity contribution in [2.45, 2.75) is 0 Å². The highest BCUT2D eigenvalue weighted by Gasteiger charge is 2.12. The fourth-order valence-corrected chi connectivity index (χ4v) is 3.11. The Morgan fingerprint density at radius 3 is 1.81 bits per heavy atom. The van der Waals surface area contributed by atoms with E-state index >= 15 is 0 Å². The summed E-state index contributed by atoms with van der Waals surface area (Å²) >= 11 is 3.50. The van der Waals surface area contributed by atoms with Gasteiger partial charge in [-0.15, -0.1) is 0 Å². The summed E-state index contributed by atoms with van der Waals surface area (Å²) in [5.74, 6) is 1.72. The molecule has 4 nitrogen and oxygen atoms in total. The van der Waals surface area contributed by atoms with Crippen LogP contribution in [0.1, 0.15) is 5.56 Å². The van der Waals surface area contributed by atoms with Crippen LogP contribution >= 0.6 is 15.9 Å². The predicted octanol–water partition coefficient (Wildman–Crippen LogP) is 5.51. The Hall–Kier alpha value is -3.36. The Balaban J connectivity index is 1.93. The summed E-state index contributed by atoms with van der Waals surface area (Å²) in [6.07, 6.45) is 0. The van der Waals surface area contributed by atoms with Gasteiger partial charge in [0.15, 0.2) is 17.5 Å². The van der Waals surface area contributed by atoms with E-state index in [4.69, 9.17) is 0 Å². The van der Waals surface area contributed by atoms with Crippen LogP contribution in [0, 0.1) is 11.3 Å². The molecule has 4 aromatic rings. The van der Waals surface area contributed by atoms with E-state index in [1.165, 1.54) is 0 Å². The normalized spacial score (nSPS) is 10.4. The number of rotatable bonds is 3. The maximum absolute atomic E-state index is 9.20. The molecule has 3 aromatic carbocycles. The Morgan fingerprint density at radius 1 is 0.630 bits per heavy atom. The van der Waals surface area contributed by atoms with Gasteiger partial charge in [-0.3, -0.25) is 0 Å². The van der Waals surface area contributed by atoms with Gasteiger partial charge in [0.2, 0.25) is 0 Å². The van der Waals surface area contributed by atoms with Gasteiger partial charge in [-0.2, -0.15) is 5.26 Å². The van der Waals surface area contributed by atoms with Crippen LogP contribution in [0.15, 0.2) is 83.3 Å². The Bertz CT molecular complexity index is 1150. The van der Waals surface area contributed by atoms with Crippen LogP contribution in [0.2, 0.25) is 0 Å². The minimum absolute atomic E-state index is 0.538. The zero-order valence-corrected chi connectivity index (χ0v) is 15.8. The second-order valence-electron chi connectivity index (χ2n) is 5.88. The number of aromatic nitrogens is 3. The van der Waals surface area contributed by atoms with Crippen molar-refractivity contribution >= 4 is 15.9 Å². The molecule has 0 aliphatic heterocycles. The van der Waals surface area contributed by atoms with Gasteiger partial charge in [0, 0.05) is 21.2 Å². The lowest BCUT2D eigenvalue weighted by Gasteiger charge is -2.08. The summed E-state index contributed by atoms with van der Waals surface area (Å²) in [5, 5.41) is 9.20. The summed E-state index contributed by atoms with van der Waals surface area (Å²) in [4.78, 5) is 14.0. The molecule has 0 saturated carbocycles. The molecule has 0 fully saturated rings. The van der Waals surface area contributed by atoms with Crippen LogP contribution < -0.4 is 0 Å². The first-order valence-corrected chi connectivity index (χ1v) is 9.10. The fraction of sp³-hybridized carbons (Fsp3) is 0. The zero-order chi connectivity index (χ0) is 18.6. The SMILES string of the molecule is N#Cc1cccc(-c2nc(-c3ccccc3)nc(-c3cccc(Br)c3)n2)c1. The van der Waals surface area contributed by atoms with Crippen LogP contribution in [-0.4, -0.2) is 15.0 Å². The molecule has 128 valence electrons. The van der Waals surface area contributed by atoms with Gasteiger partial charge < -0.3 is 0 Å². The van der Waals surface area contributed by atoms with E-state index in [0.29, 0.717) is 23.0 Å². The highest BCUT2D eigenvalue weighted by atomic mass is 79.9.